The lowest BCUT2D eigenvalue weighted by atomic mass is 9.85. The van der Waals surface area contributed by atoms with Gasteiger partial charge in [0.05, 0.1) is 21.8 Å². The molecule has 1 aliphatic carbocycles. The third kappa shape index (κ3) is 4.54. The number of benzene rings is 1. The summed E-state index contributed by atoms with van der Waals surface area (Å²) in [5.74, 6) is -2.10. The monoisotopic (exact) mass is 472 g/mol. The van der Waals surface area contributed by atoms with Crippen LogP contribution in [0.25, 0.3) is 0 Å². The molecular formula is C20H26ClF5N2OS. The number of hydrogen-bond acceptors (Lipinski definition) is 2. The molecule has 30 heavy (non-hydrogen) atoms. The van der Waals surface area contributed by atoms with Crippen molar-refractivity contribution in [3.8, 4) is 0 Å². The maximum Gasteiger partial charge on any atom is 0.406 e. The molecule has 170 valence electrons. The Hall–Kier alpha value is -0.770. The van der Waals surface area contributed by atoms with Crippen molar-refractivity contribution in [3.05, 3.63) is 34.4 Å². The van der Waals surface area contributed by atoms with Crippen molar-refractivity contribution in [2.75, 3.05) is 13.1 Å². The first-order chi connectivity index (χ1) is 13.8. The molecule has 0 spiro atoms. The molecule has 2 fully saturated rings. The van der Waals surface area contributed by atoms with E-state index in [1.807, 2.05) is 0 Å². The molecule has 0 radical (unpaired) electrons. The molecular weight excluding hydrogens is 447 g/mol. The molecule has 1 saturated carbocycles. The fraction of sp³-hybridized carbons (Fsp3) is 0.700. The third-order valence-electron chi connectivity index (χ3n) is 6.06. The standard InChI is InChI=1S/C20H26ClF5N2OS/c1-18(2,3)30(29)27-17(13-4-5-14(22)15(21)16(13)23)12-6-10-28(11-7-12)19(8-9-19)20(24,25)26/h4-5,12,17,27H,6-11H2,1-3H3. The lowest BCUT2D eigenvalue weighted by Gasteiger charge is -2.41. The third-order valence-corrected chi connectivity index (χ3v) is 7.98. The Labute approximate surface area is 180 Å². The van der Waals surface area contributed by atoms with Gasteiger partial charge in [-0.3, -0.25) is 4.90 Å². The van der Waals surface area contributed by atoms with Crippen molar-refractivity contribution in [1.29, 1.82) is 0 Å². The van der Waals surface area contributed by atoms with E-state index in [2.05, 4.69) is 4.72 Å². The molecule has 3 rings (SSSR count). The smallest absolute Gasteiger partial charge is 0.290 e. The van der Waals surface area contributed by atoms with Gasteiger partial charge >= 0.3 is 6.18 Å². The van der Waals surface area contributed by atoms with Crippen LogP contribution in [0.5, 0.6) is 0 Å². The number of likely N-dealkylation sites (tertiary alicyclic amines) is 1. The minimum atomic E-state index is -4.28. The molecule has 10 heteroatoms. The normalized spacial score (nSPS) is 22.7. The Morgan fingerprint density at radius 2 is 1.73 bits per heavy atom. The molecule has 1 aromatic carbocycles. The summed E-state index contributed by atoms with van der Waals surface area (Å²) in [6, 6.07) is 1.55. The second-order valence-corrected chi connectivity index (χ2v) is 11.5. The van der Waals surface area contributed by atoms with E-state index in [1.54, 1.807) is 20.8 Å². The van der Waals surface area contributed by atoms with Gasteiger partial charge < -0.3 is 0 Å². The maximum absolute atomic E-state index is 14.8. The van der Waals surface area contributed by atoms with E-state index in [1.165, 1.54) is 11.0 Å². The van der Waals surface area contributed by atoms with Gasteiger partial charge in [-0.1, -0.05) is 17.7 Å². The molecule has 0 amide bonds. The zero-order valence-corrected chi connectivity index (χ0v) is 18.7. The van der Waals surface area contributed by atoms with Crippen LogP contribution < -0.4 is 4.72 Å². The van der Waals surface area contributed by atoms with Crippen molar-refractivity contribution in [3.63, 3.8) is 0 Å². The van der Waals surface area contributed by atoms with Gasteiger partial charge in [0, 0.05) is 5.56 Å². The van der Waals surface area contributed by atoms with Gasteiger partial charge in [-0.25, -0.2) is 17.7 Å². The highest BCUT2D eigenvalue weighted by Gasteiger charge is 2.66. The quantitative estimate of drug-likeness (QED) is 0.452. The first-order valence-corrected chi connectivity index (χ1v) is 11.4. The molecule has 1 saturated heterocycles. The van der Waals surface area contributed by atoms with Crippen LogP contribution in [-0.4, -0.2) is 38.7 Å². The highest BCUT2D eigenvalue weighted by molar-refractivity contribution is 7.84. The van der Waals surface area contributed by atoms with Crippen LogP contribution in [0, 0.1) is 17.6 Å². The SMILES string of the molecule is CC(C)(C)S(=O)NC(c1ccc(F)c(Cl)c1F)C1CCN(C2(C(F)(F)F)CC2)CC1. The van der Waals surface area contributed by atoms with Crippen molar-refractivity contribution in [2.45, 2.75) is 69.0 Å². The molecule has 1 aliphatic heterocycles. The molecule has 3 nitrogen and oxygen atoms in total. The Kier molecular flexibility index (Phi) is 6.60. The van der Waals surface area contributed by atoms with Crippen LogP contribution in [0.2, 0.25) is 5.02 Å². The summed E-state index contributed by atoms with van der Waals surface area (Å²) in [6.07, 6.45) is -3.35. The van der Waals surface area contributed by atoms with Crippen LogP contribution in [0.4, 0.5) is 22.0 Å². The molecule has 1 aromatic rings. The van der Waals surface area contributed by atoms with E-state index < -0.39 is 50.1 Å². The van der Waals surface area contributed by atoms with Crippen LogP contribution in [0.1, 0.15) is 58.1 Å². The number of piperidine rings is 1. The highest BCUT2D eigenvalue weighted by Crippen LogP contribution is 2.54. The van der Waals surface area contributed by atoms with E-state index in [-0.39, 0.29) is 37.4 Å². The van der Waals surface area contributed by atoms with E-state index in [0.29, 0.717) is 12.8 Å². The van der Waals surface area contributed by atoms with E-state index >= 15 is 0 Å². The number of rotatable bonds is 5. The fourth-order valence-corrected chi connectivity index (χ4v) is 5.12. The average molecular weight is 473 g/mol. The van der Waals surface area contributed by atoms with Crippen LogP contribution in [-0.2, 0) is 11.0 Å². The van der Waals surface area contributed by atoms with Crippen LogP contribution in [0.3, 0.4) is 0 Å². The largest absolute Gasteiger partial charge is 0.406 e. The van der Waals surface area contributed by atoms with Gasteiger partial charge in [-0.2, -0.15) is 13.2 Å². The number of nitrogens with zero attached hydrogens (tertiary/aromatic N) is 1. The zero-order valence-electron chi connectivity index (χ0n) is 17.1. The Morgan fingerprint density at radius 1 is 1.17 bits per heavy atom. The maximum atomic E-state index is 14.8. The van der Waals surface area contributed by atoms with Gasteiger partial charge in [-0.15, -0.1) is 0 Å². The summed E-state index contributed by atoms with van der Waals surface area (Å²) in [4.78, 5) is 1.47. The van der Waals surface area contributed by atoms with Crippen molar-refractivity contribution in [2.24, 2.45) is 5.92 Å². The molecule has 2 aliphatic rings. The second-order valence-electron chi connectivity index (χ2n) is 9.10. The highest BCUT2D eigenvalue weighted by atomic mass is 35.5. The first kappa shape index (κ1) is 23.9. The van der Waals surface area contributed by atoms with Crippen molar-refractivity contribution >= 4 is 22.6 Å². The second kappa shape index (κ2) is 8.30. The number of nitrogens with one attached hydrogen (secondary N) is 1. The summed E-state index contributed by atoms with van der Waals surface area (Å²) >= 11 is 5.75. The summed E-state index contributed by atoms with van der Waals surface area (Å²) in [6.45, 7) is 5.68. The predicted octanol–water partition coefficient (Wildman–Crippen LogP) is 5.52. The summed E-state index contributed by atoms with van der Waals surface area (Å²) in [5, 5.41) is -0.646. The minimum Gasteiger partial charge on any atom is -0.290 e. The molecule has 2 unspecified atom stereocenters. The van der Waals surface area contributed by atoms with Crippen LogP contribution in [0.15, 0.2) is 12.1 Å². The topological polar surface area (TPSA) is 32.3 Å². The molecule has 0 bridgehead atoms. The van der Waals surface area contributed by atoms with Crippen molar-refractivity contribution in [1.82, 2.24) is 9.62 Å². The van der Waals surface area contributed by atoms with E-state index in [4.69, 9.17) is 11.6 Å². The minimum absolute atomic E-state index is 0.0782. The Balaban J connectivity index is 1.84. The first-order valence-electron chi connectivity index (χ1n) is 9.91. The van der Waals surface area contributed by atoms with Gasteiger partial charge in [0.15, 0.2) is 0 Å². The van der Waals surface area contributed by atoms with Gasteiger partial charge in [0.25, 0.3) is 0 Å². The number of hydrogen-bond donors (Lipinski definition) is 1. The van der Waals surface area contributed by atoms with E-state index in [9.17, 15) is 26.2 Å². The van der Waals surface area contributed by atoms with Gasteiger partial charge in [0.1, 0.15) is 22.2 Å². The fourth-order valence-electron chi connectivity index (χ4n) is 4.04. The average Bonchev–Trinajstić information content (AvgIpc) is 3.46. The predicted molar refractivity (Wildman–Crippen MR) is 107 cm³/mol. The lowest BCUT2D eigenvalue weighted by Crippen LogP contribution is -2.52. The number of halogens is 6. The Morgan fingerprint density at radius 3 is 2.20 bits per heavy atom. The summed E-state index contributed by atoms with van der Waals surface area (Å²) in [5.41, 5.74) is -1.66. The number of alkyl halides is 3. The summed E-state index contributed by atoms with van der Waals surface area (Å²) in [7, 11) is -1.56. The molecule has 0 aromatic heterocycles. The molecule has 2 atom stereocenters. The van der Waals surface area contributed by atoms with Crippen LogP contribution >= 0.6 is 11.6 Å². The van der Waals surface area contributed by atoms with E-state index in [0.717, 1.165) is 6.07 Å². The zero-order chi connectivity index (χ0) is 22.5. The van der Waals surface area contributed by atoms with Crippen molar-refractivity contribution < 1.29 is 26.2 Å². The van der Waals surface area contributed by atoms with Gasteiger partial charge in [0.2, 0.25) is 0 Å². The Bertz CT molecular complexity index is 815. The molecule has 1 N–H and O–H groups in total. The lowest BCUT2D eigenvalue weighted by molar-refractivity contribution is -0.200. The molecule has 1 heterocycles. The van der Waals surface area contributed by atoms with Gasteiger partial charge in [-0.05, 0) is 71.5 Å². The summed E-state index contributed by atoms with van der Waals surface area (Å²) < 4.78 is 83.8.